The molecule has 1 aromatic rings. The number of hydrogen-bond donors (Lipinski definition) is 0. The average Bonchev–Trinajstić information content (AvgIpc) is 3.45. The van der Waals surface area contributed by atoms with E-state index >= 15 is 0 Å². The second-order valence-corrected chi connectivity index (χ2v) is 18.1. The van der Waals surface area contributed by atoms with Gasteiger partial charge in [0, 0.05) is 12.5 Å². The summed E-state index contributed by atoms with van der Waals surface area (Å²) in [7, 11) is 0. The Labute approximate surface area is 307 Å². The van der Waals surface area contributed by atoms with E-state index in [1.165, 1.54) is 77.0 Å². The predicted molar refractivity (Wildman–Crippen MR) is 208 cm³/mol. The van der Waals surface area contributed by atoms with Crippen molar-refractivity contribution in [2.75, 3.05) is 13.2 Å². The van der Waals surface area contributed by atoms with Gasteiger partial charge < -0.3 is 14.2 Å². The lowest BCUT2D eigenvalue weighted by Gasteiger charge is -2.58. The highest BCUT2D eigenvalue weighted by atomic mass is 16.5. The number of fused-ring (bicyclic) bond motifs is 5. The molecular weight excluding hydrogens is 617 g/mol. The Kier molecular flexibility index (Phi) is 14.3. The normalized spacial score (nSPS) is 31.0. The molecule has 0 heterocycles. The van der Waals surface area contributed by atoms with Gasteiger partial charge in [-0.25, -0.2) is 4.79 Å². The van der Waals surface area contributed by atoms with Crippen LogP contribution in [0.5, 0.6) is 11.5 Å². The maximum atomic E-state index is 13.7. The van der Waals surface area contributed by atoms with Crippen LogP contribution in [0.1, 0.15) is 181 Å². The molecule has 3 saturated carbocycles. The van der Waals surface area contributed by atoms with E-state index in [1.807, 2.05) is 18.2 Å². The van der Waals surface area contributed by atoms with Crippen molar-refractivity contribution < 1.29 is 19.0 Å². The van der Waals surface area contributed by atoms with Crippen molar-refractivity contribution in [2.45, 2.75) is 177 Å². The first-order chi connectivity index (χ1) is 24.1. The Morgan fingerprint density at radius 3 is 2.10 bits per heavy atom. The fraction of sp³-hybridized carbons (Fsp3) is 0.804. The number of ether oxygens (including phenoxy) is 3. The zero-order valence-corrected chi connectivity index (χ0v) is 33.3. The molecule has 0 bridgehead atoms. The zero-order chi connectivity index (χ0) is 35.7. The first kappa shape index (κ1) is 39.2. The maximum absolute atomic E-state index is 13.7. The van der Waals surface area contributed by atoms with Gasteiger partial charge in [-0.05, 0) is 116 Å². The molecule has 4 heteroatoms. The first-order valence-electron chi connectivity index (χ1n) is 21.4. The van der Waals surface area contributed by atoms with Crippen LogP contribution in [0, 0.1) is 46.3 Å². The van der Waals surface area contributed by atoms with Gasteiger partial charge in [0.15, 0.2) is 0 Å². The molecule has 0 radical (unpaired) electrons. The molecule has 4 aliphatic rings. The standard InChI is InChI=1S/C46H74O4/c1-8-10-12-14-27-48-38-29-35(30-39(32-38)49-28-15-13-11-9-2)44(47)50-37-23-25-45(6)36(31-37)19-20-40-42-22-21-41(34(5)18-16-17-33(3)4)46(42,7)26-24-43(40)45/h19,29-30,32-34,37,40-43H,8-18,20-28,31H2,1-7H3/t34-,37+,40+,41-,42+,43+,45+,46-/m1/s1. The lowest BCUT2D eigenvalue weighted by atomic mass is 9.47. The fourth-order valence-corrected chi connectivity index (χ4v) is 11.3. The van der Waals surface area contributed by atoms with Crippen molar-refractivity contribution in [3.05, 3.63) is 35.4 Å². The van der Waals surface area contributed by atoms with E-state index in [4.69, 9.17) is 14.2 Å². The molecule has 0 N–H and O–H groups in total. The van der Waals surface area contributed by atoms with Gasteiger partial charge in [-0.3, -0.25) is 0 Å². The zero-order valence-electron chi connectivity index (χ0n) is 33.3. The molecule has 0 aliphatic heterocycles. The molecular formula is C46H74O4. The summed E-state index contributed by atoms with van der Waals surface area (Å²) in [5.41, 5.74) is 2.88. The predicted octanol–water partition coefficient (Wildman–Crippen LogP) is 13.2. The third kappa shape index (κ3) is 9.33. The van der Waals surface area contributed by atoms with Crippen LogP contribution >= 0.6 is 0 Å². The van der Waals surface area contributed by atoms with Crippen LogP contribution in [0.4, 0.5) is 0 Å². The van der Waals surface area contributed by atoms with Gasteiger partial charge in [0.2, 0.25) is 0 Å². The number of carbonyl (C=O) groups excluding carboxylic acids is 1. The number of unbranched alkanes of at least 4 members (excludes halogenated alkanes) is 6. The van der Waals surface area contributed by atoms with Gasteiger partial charge in [0.1, 0.15) is 17.6 Å². The molecule has 0 spiro atoms. The minimum absolute atomic E-state index is 0.0631. The van der Waals surface area contributed by atoms with Crippen molar-refractivity contribution in [1.82, 2.24) is 0 Å². The number of benzene rings is 1. The lowest BCUT2D eigenvalue weighted by Crippen LogP contribution is -2.51. The minimum Gasteiger partial charge on any atom is -0.493 e. The molecule has 0 saturated heterocycles. The van der Waals surface area contributed by atoms with Gasteiger partial charge in [0.25, 0.3) is 0 Å². The van der Waals surface area contributed by atoms with Crippen LogP contribution in [0.25, 0.3) is 0 Å². The summed E-state index contributed by atoms with van der Waals surface area (Å²) in [6, 6.07) is 5.67. The third-order valence-electron chi connectivity index (χ3n) is 14.2. The molecule has 50 heavy (non-hydrogen) atoms. The highest BCUT2D eigenvalue weighted by Gasteiger charge is 2.59. The summed E-state index contributed by atoms with van der Waals surface area (Å²) >= 11 is 0. The summed E-state index contributed by atoms with van der Waals surface area (Å²) < 4.78 is 18.6. The molecule has 1 aromatic carbocycles. The highest BCUT2D eigenvalue weighted by Crippen LogP contribution is 2.67. The molecule has 0 amide bonds. The topological polar surface area (TPSA) is 44.8 Å². The van der Waals surface area contributed by atoms with E-state index in [-0.39, 0.29) is 17.5 Å². The summed E-state index contributed by atoms with van der Waals surface area (Å²) in [6.07, 6.45) is 25.8. The van der Waals surface area contributed by atoms with Gasteiger partial charge in [0.05, 0.1) is 18.8 Å². The number of hydrogen-bond acceptors (Lipinski definition) is 4. The molecule has 4 nitrogen and oxygen atoms in total. The number of esters is 1. The molecule has 0 unspecified atom stereocenters. The molecule has 0 aromatic heterocycles. The summed E-state index contributed by atoms with van der Waals surface area (Å²) in [6.45, 7) is 18.3. The minimum atomic E-state index is -0.243. The number of rotatable bonds is 19. The van der Waals surface area contributed by atoms with E-state index < -0.39 is 0 Å². The molecule has 3 fully saturated rings. The molecule has 5 rings (SSSR count). The van der Waals surface area contributed by atoms with E-state index in [0.717, 1.165) is 80.5 Å². The van der Waals surface area contributed by atoms with Crippen LogP contribution in [-0.2, 0) is 4.74 Å². The quantitative estimate of drug-likeness (QED) is 0.0823. The van der Waals surface area contributed by atoms with Crippen LogP contribution in [0.2, 0.25) is 0 Å². The summed E-state index contributed by atoms with van der Waals surface area (Å²) in [4.78, 5) is 13.7. The van der Waals surface area contributed by atoms with Crippen molar-refractivity contribution >= 4 is 5.97 Å². The van der Waals surface area contributed by atoms with Crippen LogP contribution in [-0.4, -0.2) is 25.3 Å². The maximum Gasteiger partial charge on any atom is 0.338 e. The monoisotopic (exact) mass is 691 g/mol. The van der Waals surface area contributed by atoms with Gasteiger partial charge in [-0.2, -0.15) is 0 Å². The van der Waals surface area contributed by atoms with E-state index in [9.17, 15) is 4.79 Å². The second-order valence-electron chi connectivity index (χ2n) is 18.1. The third-order valence-corrected chi connectivity index (χ3v) is 14.2. The Hall–Kier alpha value is -1.97. The van der Waals surface area contributed by atoms with Crippen molar-refractivity contribution in [3.8, 4) is 11.5 Å². The largest absolute Gasteiger partial charge is 0.493 e. The number of allylic oxidation sites excluding steroid dienone is 1. The van der Waals surface area contributed by atoms with Crippen molar-refractivity contribution in [3.63, 3.8) is 0 Å². The Balaban J connectivity index is 1.21. The van der Waals surface area contributed by atoms with E-state index in [2.05, 4.69) is 54.5 Å². The first-order valence-corrected chi connectivity index (χ1v) is 21.4. The van der Waals surface area contributed by atoms with Crippen LogP contribution in [0.15, 0.2) is 29.8 Å². The smallest absolute Gasteiger partial charge is 0.338 e. The van der Waals surface area contributed by atoms with Gasteiger partial charge in [-0.15, -0.1) is 0 Å². The fourth-order valence-electron chi connectivity index (χ4n) is 11.3. The Morgan fingerprint density at radius 1 is 0.780 bits per heavy atom. The molecule has 4 aliphatic carbocycles. The van der Waals surface area contributed by atoms with E-state index in [1.54, 1.807) is 5.57 Å². The van der Waals surface area contributed by atoms with Crippen molar-refractivity contribution in [1.29, 1.82) is 0 Å². The lowest BCUT2D eigenvalue weighted by molar-refractivity contribution is -0.0594. The Morgan fingerprint density at radius 2 is 1.46 bits per heavy atom. The number of carbonyl (C=O) groups is 1. The van der Waals surface area contributed by atoms with Crippen molar-refractivity contribution in [2.24, 2.45) is 46.3 Å². The average molecular weight is 691 g/mol. The van der Waals surface area contributed by atoms with Crippen LogP contribution < -0.4 is 9.47 Å². The summed E-state index contributed by atoms with van der Waals surface area (Å²) in [5, 5.41) is 0. The van der Waals surface area contributed by atoms with Gasteiger partial charge >= 0.3 is 5.97 Å². The molecule has 8 atom stereocenters. The van der Waals surface area contributed by atoms with Gasteiger partial charge in [-0.1, -0.05) is 118 Å². The van der Waals surface area contributed by atoms with E-state index in [0.29, 0.717) is 35.7 Å². The highest BCUT2D eigenvalue weighted by molar-refractivity contribution is 5.90. The SMILES string of the molecule is CCCCCCOc1cc(OCCCCCC)cc(C(=O)O[C@H]2CC[C@@]3(C)C(=CC[C@H]4[C@@H]5CC[C@H]([C@H](C)CCCC(C)C)[C@@]5(C)CC[C@@H]43)C2)c1. The summed E-state index contributed by atoms with van der Waals surface area (Å²) in [5.74, 6) is 6.20. The Bertz CT molecular complexity index is 1220. The molecule has 282 valence electrons. The van der Waals surface area contributed by atoms with Crippen LogP contribution in [0.3, 0.4) is 0 Å². The second kappa shape index (κ2) is 18.2.